The maximum Gasteiger partial charge on any atom is 0.454 e. The summed E-state index contributed by atoms with van der Waals surface area (Å²) in [6, 6.07) is 12.1. The highest BCUT2D eigenvalue weighted by Gasteiger charge is 2.39. The van der Waals surface area contributed by atoms with Gasteiger partial charge in [-0.2, -0.15) is 13.2 Å². The zero-order valence-electron chi connectivity index (χ0n) is 9.54. The van der Waals surface area contributed by atoms with Crippen molar-refractivity contribution in [3.63, 3.8) is 0 Å². The van der Waals surface area contributed by atoms with Gasteiger partial charge in [0.15, 0.2) is 0 Å². The highest BCUT2D eigenvalue weighted by molar-refractivity contribution is 6.30. The van der Waals surface area contributed by atoms with Gasteiger partial charge in [0.1, 0.15) is 0 Å². The van der Waals surface area contributed by atoms with Crippen LogP contribution in [-0.2, 0) is 0 Å². The standard InChI is InChI=1S/C14H8ClF3O/c15-12-6-2-4-10(8-12)9-3-1-5-11(7-9)13(19)14(16,17)18/h1-8H. The molecule has 2 aromatic carbocycles. The molecule has 0 fully saturated rings. The highest BCUT2D eigenvalue weighted by Crippen LogP contribution is 2.26. The van der Waals surface area contributed by atoms with Gasteiger partial charge in [0.05, 0.1) is 0 Å². The van der Waals surface area contributed by atoms with Gasteiger partial charge in [-0.25, -0.2) is 0 Å². The van der Waals surface area contributed by atoms with Crippen LogP contribution in [0.25, 0.3) is 11.1 Å². The molecule has 0 atom stereocenters. The summed E-state index contributed by atoms with van der Waals surface area (Å²) in [4.78, 5) is 11.2. The lowest BCUT2D eigenvalue weighted by atomic mass is 10.0. The van der Waals surface area contributed by atoms with Crippen LogP contribution in [0.5, 0.6) is 0 Å². The van der Waals surface area contributed by atoms with Crippen molar-refractivity contribution in [1.82, 2.24) is 0 Å². The minimum atomic E-state index is -4.87. The second-order valence-corrected chi connectivity index (χ2v) is 4.35. The summed E-state index contributed by atoms with van der Waals surface area (Å²) in [5.74, 6) is -1.85. The first-order valence-corrected chi connectivity index (χ1v) is 5.73. The zero-order chi connectivity index (χ0) is 14.0. The minimum absolute atomic E-state index is 0.384. The van der Waals surface area contributed by atoms with Gasteiger partial charge in [0, 0.05) is 10.6 Å². The third-order valence-corrected chi connectivity index (χ3v) is 2.78. The number of carbonyl (C=O) groups excluding carboxylic acids is 1. The third-order valence-electron chi connectivity index (χ3n) is 2.54. The quantitative estimate of drug-likeness (QED) is 0.727. The van der Waals surface area contributed by atoms with Crippen molar-refractivity contribution >= 4 is 17.4 Å². The Hall–Kier alpha value is -1.81. The van der Waals surface area contributed by atoms with Crippen molar-refractivity contribution in [2.45, 2.75) is 6.18 Å². The van der Waals surface area contributed by atoms with Crippen LogP contribution in [0.3, 0.4) is 0 Å². The van der Waals surface area contributed by atoms with Crippen molar-refractivity contribution < 1.29 is 18.0 Å². The van der Waals surface area contributed by atoms with Crippen molar-refractivity contribution in [1.29, 1.82) is 0 Å². The molecule has 2 aromatic rings. The molecule has 0 heterocycles. The summed E-state index contributed by atoms with van der Waals surface area (Å²) < 4.78 is 37.1. The van der Waals surface area contributed by atoms with Crippen LogP contribution in [0.2, 0.25) is 5.02 Å². The number of Topliss-reactive ketones (excluding diaryl/α,β-unsaturated/α-hetero) is 1. The Morgan fingerprint density at radius 1 is 0.947 bits per heavy atom. The van der Waals surface area contributed by atoms with Crippen LogP contribution in [0.15, 0.2) is 48.5 Å². The fraction of sp³-hybridized carbons (Fsp3) is 0.0714. The molecular formula is C14H8ClF3O. The lowest BCUT2D eigenvalue weighted by molar-refractivity contribution is -0.0885. The van der Waals surface area contributed by atoms with E-state index in [1.54, 1.807) is 30.3 Å². The molecule has 0 N–H and O–H groups in total. The topological polar surface area (TPSA) is 17.1 Å². The van der Waals surface area contributed by atoms with Crippen molar-refractivity contribution in [2.75, 3.05) is 0 Å². The molecule has 0 unspecified atom stereocenters. The molecule has 5 heteroatoms. The summed E-state index contributed by atoms with van der Waals surface area (Å²) in [6.45, 7) is 0. The summed E-state index contributed by atoms with van der Waals surface area (Å²) in [5, 5.41) is 0.477. The normalized spacial score (nSPS) is 11.4. The highest BCUT2D eigenvalue weighted by atomic mass is 35.5. The van der Waals surface area contributed by atoms with E-state index in [9.17, 15) is 18.0 Å². The summed E-state index contributed by atoms with van der Waals surface area (Å²) in [6.07, 6.45) is -4.87. The lowest BCUT2D eigenvalue weighted by Crippen LogP contribution is -2.22. The molecule has 0 aliphatic rings. The average Bonchev–Trinajstić information content (AvgIpc) is 2.37. The molecule has 0 spiro atoms. The number of ketones is 1. The molecular weight excluding hydrogens is 277 g/mol. The predicted molar refractivity (Wildman–Crippen MR) is 67.3 cm³/mol. The van der Waals surface area contributed by atoms with Gasteiger partial charge in [-0.15, -0.1) is 0 Å². The molecule has 0 aromatic heterocycles. The Kier molecular flexibility index (Phi) is 3.62. The number of alkyl halides is 3. The Morgan fingerprint density at radius 3 is 2.11 bits per heavy atom. The molecule has 0 saturated heterocycles. The second kappa shape index (κ2) is 5.05. The molecule has 19 heavy (non-hydrogen) atoms. The number of hydrogen-bond acceptors (Lipinski definition) is 1. The fourth-order valence-electron chi connectivity index (χ4n) is 1.67. The van der Waals surface area contributed by atoms with Crippen molar-refractivity contribution in [3.8, 4) is 11.1 Å². The molecule has 2 rings (SSSR count). The van der Waals surface area contributed by atoms with E-state index >= 15 is 0 Å². The first-order chi connectivity index (χ1) is 8.88. The molecule has 0 amide bonds. The van der Waals surface area contributed by atoms with E-state index in [0.29, 0.717) is 16.1 Å². The van der Waals surface area contributed by atoms with E-state index < -0.39 is 12.0 Å². The van der Waals surface area contributed by atoms with E-state index in [-0.39, 0.29) is 5.56 Å². The van der Waals surface area contributed by atoms with E-state index in [2.05, 4.69) is 0 Å². The number of benzene rings is 2. The van der Waals surface area contributed by atoms with Gasteiger partial charge in [-0.1, -0.05) is 41.9 Å². The second-order valence-electron chi connectivity index (χ2n) is 3.92. The summed E-state index contributed by atoms with van der Waals surface area (Å²) in [7, 11) is 0. The van der Waals surface area contributed by atoms with E-state index in [0.717, 1.165) is 6.07 Å². The SMILES string of the molecule is O=C(c1cccc(-c2cccc(Cl)c2)c1)C(F)(F)F. The molecule has 0 saturated carbocycles. The van der Waals surface area contributed by atoms with Crippen LogP contribution in [0, 0.1) is 0 Å². The van der Waals surface area contributed by atoms with Gasteiger partial charge in [-0.3, -0.25) is 4.79 Å². The van der Waals surface area contributed by atoms with Gasteiger partial charge >= 0.3 is 6.18 Å². The van der Waals surface area contributed by atoms with E-state index in [1.165, 1.54) is 12.1 Å². The third kappa shape index (κ3) is 3.15. The zero-order valence-corrected chi connectivity index (χ0v) is 10.3. The van der Waals surface area contributed by atoms with Gasteiger partial charge in [0.2, 0.25) is 0 Å². The first-order valence-electron chi connectivity index (χ1n) is 5.35. The number of rotatable bonds is 2. The lowest BCUT2D eigenvalue weighted by Gasteiger charge is -2.07. The van der Waals surface area contributed by atoms with Crippen LogP contribution in [0.4, 0.5) is 13.2 Å². The van der Waals surface area contributed by atoms with Gasteiger partial charge in [0.25, 0.3) is 5.78 Å². The smallest absolute Gasteiger partial charge is 0.284 e. The summed E-state index contributed by atoms with van der Waals surface area (Å²) in [5.41, 5.74) is 0.784. The van der Waals surface area contributed by atoms with Gasteiger partial charge in [-0.05, 0) is 29.3 Å². The summed E-state index contributed by atoms with van der Waals surface area (Å²) >= 11 is 5.82. The molecule has 0 aliphatic heterocycles. The van der Waals surface area contributed by atoms with E-state index in [1.807, 2.05) is 0 Å². The number of halogens is 4. The maximum absolute atomic E-state index is 12.4. The molecule has 98 valence electrons. The maximum atomic E-state index is 12.4. The molecule has 0 aliphatic carbocycles. The minimum Gasteiger partial charge on any atom is -0.284 e. The van der Waals surface area contributed by atoms with E-state index in [4.69, 9.17) is 11.6 Å². The Bertz CT molecular complexity index is 620. The number of carbonyl (C=O) groups is 1. The van der Waals surface area contributed by atoms with Crippen molar-refractivity contribution in [3.05, 3.63) is 59.1 Å². The van der Waals surface area contributed by atoms with Gasteiger partial charge < -0.3 is 0 Å². The Balaban J connectivity index is 2.43. The number of hydrogen-bond donors (Lipinski definition) is 0. The predicted octanol–water partition coefficient (Wildman–Crippen LogP) is 4.75. The Labute approximate surface area is 112 Å². The molecule has 0 radical (unpaired) electrons. The molecule has 1 nitrogen and oxygen atoms in total. The van der Waals surface area contributed by atoms with Crippen LogP contribution in [-0.4, -0.2) is 12.0 Å². The van der Waals surface area contributed by atoms with Crippen molar-refractivity contribution in [2.24, 2.45) is 0 Å². The largest absolute Gasteiger partial charge is 0.454 e. The Morgan fingerprint density at radius 2 is 1.53 bits per heavy atom. The monoisotopic (exact) mass is 284 g/mol. The van der Waals surface area contributed by atoms with Crippen LogP contribution >= 0.6 is 11.6 Å². The average molecular weight is 285 g/mol. The van der Waals surface area contributed by atoms with Crippen LogP contribution in [0.1, 0.15) is 10.4 Å². The fourth-order valence-corrected chi connectivity index (χ4v) is 1.86. The first kappa shape index (κ1) is 13.6. The molecule has 0 bridgehead atoms. The van der Waals surface area contributed by atoms with Crippen LogP contribution < -0.4 is 0 Å².